The molecular weight excluding hydrogens is 433 g/mol. The van der Waals surface area contributed by atoms with Crippen molar-refractivity contribution >= 4 is 11.0 Å². The Labute approximate surface area is 198 Å². The second kappa shape index (κ2) is 8.48. The van der Waals surface area contributed by atoms with Gasteiger partial charge in [-0.3, -0.25) is 4.68 Å². The van der Waals surface area contributed by atoms with Gasteiger partial charge in [-0.1, -0.05) is 12.1 Å². The van der Waals surface area contributed by atoms with E-state index in [-0.39, 0.29) is 10.6 Å². The van der Waals surface area contributed by atoms with Crippen LogP contribution >= 0.6 is 0 Å². The summed E-state index contributed by atoms with van der Waals surface area (Å²) in [7, 11) is 0.877. The predicted octanol–water partition coefficient (Wildman–Crippen LogP) is 5.44. The number of halogens is 1. The molecule has 1 fully saturated rings. The maximum Gasteiger partial charge on any atom is 0.123 e. The highest BCUT2D eigenvalue weighted by Crippen LogP contribution is 2.41. The molecule has 1 aromatic heterocycles. The Hall–Kier alpha value is -2.31. The Morgan fingerprint density at radius 1 is 0.970 bits per heavy atom. The van der Waals surface area contributed by atoms with Crippen LogP contribution in [0.1, 0.15) is 44.7 Å². The van der Waals surface area contributed by atoms with Crippen LogP contribution in [0.25, 0.3) is 22.5 Å². The fourth-order valence-electron chi connectivity index (χ4n) is 5.36. The highest BCUT2D eigenvalue weighted by molar-refractivity contribution is 7.84. The number of nitrogens with zero attached hydrogens (tertiary/aromatic N) is 2. The van der Waals surface area contributed by atoms with Crippen LogP contribution in [0, 0.1) is 17.7 Å². The van der Waals surface area contributed by atoms with Crippen LogP contribution in [0.2, 0.25) is 0 Å². The third-order valence-electron chi connectivity index (χ3n) is 7.21. The van der Waals surface area contributed by atoms with Crippen molar-refractivity contribution in [2.45, 2.75) is 57.2 Å². The van der Waals surface area contributed by atoms with Crippen LogP contribution in [-0.2, 0) is 30.9 Å². The lowest BCUT2D eigenvalue weighted by Crippen LogP contribution is -2.44. The van der Waals surface area contributed by atoms with Crippen molar-refractivity contribution in [1.82, 2.24) is 14.5 Å². The molecule has 6 heteroatoms. The number of aryl methyl sites for hydroxylation is 1. The SMILES string of the molecule is Cn1nc(-c2ccc3c(c2)C[C@@H]2CC[C@H](C3)[C@H]2NS(=O)C(C)(C)C)cc1-c1ccc(F)cc1. The first kappa shape index (κ1) is 22.5. The largest absolute Gasteiger partial charge is 0.267 e. The molecule has 2 bridgehead atoms. The summed E-state index contributed by atoms with van der Waals surface area (Å²) in [6, 6.07) is 15.7. The molecule has 174 valence electrons. The Balaban J connectivity index is 1.41. The van der Waals surface area contributed by atoms with Gasteiger partial charge in [-0.05, 0) is 111 Å². The number of hydrogen-bond donors (Lipinski definition) is 1. The minimum Gasteiger partial charge on any atom is -0.267 e. The molecule has 2 aliphatic carbocycles. The topological polar surface area (TPSA) is 46.9 Å². The van der Waals surface area contributed by atoms with Gasteiger partial charge in [0.15, 0.2) is 0 Å². The average molecular weight is 466 g/mol. The molecule has 33 heavy (non-hydrogen) atoms. The second-order valence-corrected chi connectivity index (χ2v) is 12.6. The van der Waals surface area contributed by atoms with Crippen molar-refractivity contribution in [3.8, 4) is 22.5 Å². The number of benzene rings is 2. The zero-order valence-corrected chi connectivity index (χ0v) is 20.6. The molecule has 5 rings (SSSR count). The van der Waals surface area contributed by atoms with E-state index in [4.69, 9.17) is 5.10 Å². The van der Waals surface area contributed by atoms with E-state index < -0.39 is 11.0 Å². The lowest BCUT2D eigenvalue weighted by molar-refractivity contribution is 0.391. The van der Waals surface area contributed by atoms with E-state index in [1.807, 2.05) is 32.5 Å². The van der Waals surface area contributed by atoms with E-state index in [1.54, 1.807) is 12.1 Å². The van der Waals surface area contributed by atoms with E-state index in [0.717, 1.165) is 35.4 Å². The summed E-state index contributed by atoms with van der Waals surface area (Å²) in [6.07, 6.45) is 4.43. The average Bonchev–Trinajstić information content (AvgIpc) is 3.27. The molecule has 2 aliphatic rings. The number of hydrogen-bond acceptors (Lipinski definition) is 2. The van der Waals surface area contributed by atoms with Crippen LogP contribution in [0.5, 0.6) is 0 Å². The van der Waals surface area contributed by atoms with Gasteiger partial charge in [0.05, 0.1) is 27.1 Å². The minimum absolute atomic E-state index is 0.236. The third kappa shape index (κ3) is 4.43. The summed E-state index contributed by atoms with van der Waals surface area (Å²) in [4.78, 5) is 0. The molecule has 1 unspecified atom stereocenters. The smallest absolute Gasteiger partial charge is 0.123 e. The quantitative estimate of drug-likeness (QED) is 0.558. The highest BCUT2D eigenvalue weighted by Gasteiger charge is 2.40. The van der Waals surface area contributed by atoms with Crippen LogP contribution in [0.15, 0.2) is 48.5 Å². The molecule has 0 amide bonds. The standard InChI is InChI=1S/C27H32FN3OS/c1-27(2,3)33(32)30-26-20-7-8-21(26)15-22-14-19(6-5-18(22)13-20)24-16-25(31(4)29-24)17-9-11-23(28)12-10-17/h5-6,9-12,14,16,20-21,26,30H,7-8,13,15H2,1-4H3/t20-,21+,26-,33?/m1/s1. The molecule has 1 N–H and O–H groups in total. The lowest BCUT2D eigenvalue weighted by Gasteiger charge is -2.27. The molecule has 1 heterocycles. The molecule has 0 radical (unpaired) electrons. The van der Waals surface area contributed by atoms with Gasteiger partial charge in [0.1, 0.15) is 5.82 Å². The predicted molar refractivity (Wildman–Crippen MR) is 132 cm³/mol. The van der Waals surface area contributed by atoms with Gasteiger partial charge in [-0.15, -0.1) is 0 Å². The Morgan fingerprint density at radius 3 is 2.27 bits per heavy atom. The Kier molecular flexibility index (Phi) is 5.78. The van der Waals surface area contributed by atoms with Crippen LogP contribution in [0.4, 0.5) is 4.39 Å². The Morgan fingerprint density at radius 2 is 1.61 bits per heavy atom. The molecule has 2 aromatic carbocycles. The zero-order valence-electron chi connectivity index (χ0n) is 19.8. The van der Waals surface area contributed by atoms with Crippen molar-refractivity contribution in [2.75, 3.05) is 0 Å². The molecule has 3 aromatic rings. The van der Waals surface area contributed by atoms with Crippen LogP contribution < -0.4 is 4.72 Å². The highest BCUT2D eigenvalue weighted by atomic mass is 32.2. The molecule has 1 saturated carbocycles. The molecule has 4 nitrogen and oxygen atoms in total. The first-order chi connectivity index (χ1) is 15.7. The molecule has 0 saturated heterocycles. The first-order valence-electron chi connectivity index (χ1n) is 11.8. The summed E-state index contributed by atoms with van der Waals surface area (Å²) >= 11 is 0. The number of rotatable bonds is 4. The zero-order chi connectivity index (χ0) is 23.3. The van der Waals surface area contributed by atoms with Crippen molar-refractivity contribution in [2.24, 2.45) is 18.9 Å². The van der Waals surface area contributed by atoms with Crippen molar-refractivity contribution in [3.05, 3.63) is 65.5 Å². The Bertz CT molecular complexity index is 1200. The first-order valence-corrected chi connectivity index (χ1v) is 12.9. The van der Waals surface area contributed by atoms with Crippen LogP contribution in [-0.4, -0.2) is 24.8 Å². The molecule has 4 atom stereocenters. The van der Waals surface area contributed by atoms with E-state index in [1.165, 1.54) is 36.1 Å². The van der Waals surface area contributed by atoms with Gasteiger partial charge in [0, 0.05) is 18.7 Å². The summed E-state index contributed by atoms with van der Waals surface area (Å²) < 4.78 is 31.3. The maximum absolute atomic E-state index is 13.3. The number of aromatic nitrogens is 2. The van der Waals surface area contributed by atoms with E-state index in [0.29, 0.717) is 17.9 Å². The van der Waals surface area contributed by atoms with Gasteiger partial charge in [-0.25, -0.2) is 13.3 Å². The third-order valence-corrected chi connectivity index (χ3v) is 8.81. The molecule has 0 spiro atoms. The van der Waals surface area contributed by atoms with Crippen molar-refractivity contribution in [1.29, 1.82) is 0 Å². The summed E-state index contributed by atoms with van der Waals surface area (Å²) in [6.45, 7) is 6.09. The molecule has 0 aliphatic heterocycles. The summed E-state index contributed by atoms with van der Waals surface area (Å²) in [5.74, 6) is 0.810. The van der Waals surface area contributed by atoms with Crippen molar-refractivity contribution < 1.29 is 8.60 Å². The lowest BCUT2D eigenvalue weighted by atomic mass is 9.91. The van der Waals surface area contributed by atoms with E-state index in [9.17, 15) is 8.60 Å². The van der Waals surface area contributed by atoms with Gasteiger partial charge in [0.25, 0.3) is 0 Å². The normalized spacial score (nSPS) is 23.2. The maximum atomic E-state index is 13.3. The fourth-order valence-corrected chi connectivity index (χ4v) is 6.35. The van der Waals surface area contributed by atoms with Crippen molar-refractivity contribution in [3.63, 3.8) is 0 Å². The van der Waals surface area contributed by atoms with E-state index in [2.05, 4.69) is 29.0 Å². The minimum atomic E-state index is -1.05. The monoisotopic (exact) mass is 465 g/mol. The summed E-state index contributed by atoms with van der Waals surface area (Å²) in [5, 5.41) is 4.75. The second-order valence-electron chi connectivity index (χ2n) is 10.6. The van der Waals surface area contributed by atoms with Gasteiger partial charge >= 0.3 is 0 Å². The van der Waals surface area contributed by atoms with Gasteiger partial charge in [0.2, 0.25) is 0 Å². The van der Waals surface area contributed by atoms with Crippen LogP contribution in [0.3, 0.4) is 0 Å². The van der Waals surface area contributed by atoms with Gasteiger partial charge in [-0.2, -0.15) is 5.10 Å². The summed E-state index contributed by atoms with van der Waals surface area (Å²) in [5.41, 5.74) is 6.75. The number of fused-ring (bicyclic) bond motifs is 3. The van der Waals surface area contributed by atoms with Gasteiger partial charge < -0.3 is 0 Å². The molecular formula is C27H32FN3OS. The number of nitrogens with one attached hydrogen (secondary N) is 1. The van der Waals surface area contributed by atoms with E-state index >= 15 is 0 Å². The fraction of sp³-hybridized carbons (Fsp3) is 0.444.